The zero-order valence-electron chi connectivity index (χ0n) is 19.5. The Hall–Kier alpha value is -3.59. The van der Waals surface area contributed by atoms with Crippen molar-refractivity contribution in [2.45, 2.75) is 38.3 Å². The van der Waals surface area contributed by atoms with Crippen LogP contribution in [0.25, 0.3) is 0 Å². The Bertz CT molecular complexity index is 1120. The van der Waals surface area contributed by atoms with Gasteiger partial charge >= 0.3 is 6.36 Å². The summed E-state index contributed by atoms with van der Waals surface area (Å²) in [6.07, 6.45) is -1.52. The fourth-order valence-electron chi connectivity index (χ4n) is 4.32. The number of ether oxygens (including phenoxy) is 1. The molecule has 9 heteroatoms. The lowest BCUT2D eigenvalue weighted by Gasteiger charge is -2.37. The lowest BCUT2D eigenvalue weighted by molar-refractivity contribution is -0.274. The van der Waals surface area contributed by atoms with Crippen molar-refractivity contribution in [2.24, 2.45) is 0 Å². The van der Waals surface area contributed by atoms with Gasteiger partial charge in [-0.3, -0.25) is 14.7 Å². The van der Waals surface area contributed by atoms with Gasteiger partial charge in [0.05, 0.1) is 13.1 Å². The standard InChI is InChI=1S/C26H27F3N4O2/c1-25(2)17-32(21-8-10-22(11-9-21)35-26(27,28)29)18-33(25)24(20-12-14-30-15-13-20)31-23(34)16-19-6-4-3-5-7-19/h3-15,24H,16-18H2,1-2H3,(H,31,34). The third-order valence-corrected chi connectivity index (χ3v) is 5.95. The van der Waals surface area contributed by atoms with Crippen molar-refractivity contribution < 1.29 is 22.7 Å². The molecule has 1 N–H and O–H groups in total. The van der Waals surface area contributed by atoms with Crippen LogP contribution >= 0.6 is 0 Å². The normalized spacial score (nSPS) is 16.7. The zero-order chi connectivity index (χ0) is 25.1. The first-order valence-corrected chi connectivity index (χ1v) is 11.2. The summed E-state index contributed by atoms with van der Waals surface area (Å²) < 4.78 is 41.5. The van der Waals surface area contributed by atoms with Crippen LogP contribution in [0.15, 0.2) is 79.1 Å². The smallest absolute Gasteiger partial charge is 0.406 e. The van der Waals surface area contributed by atoms with E-state index in [0.717, 1.165) is 16.8 Å². The van der Waals surface area contributed by atoms with Gasteiger partial charge in [-0.15, -0.1) is 13.2 Å². The zero-order valence-corrected chi connectivity index (χ0v) is 19.5. The maximum absolute atomic E-state index is 13.0. The largest absolute Gasteiger partial charge is 0.573 e. The van der Waals surface area contributed by atoms with E-state index in [-0.39, 0.29) is 23.6 Å². The van der Waals surface area contributed by atoms with Crippen molar-refractivity contribution >= 4 is 11.6 Å². The number of pyridine rings is 1. The SMILES string of the molecule is CC1(C)CN(c2ccc(OC(F)(F)F)cc2)CN1C(NC(=O)Cc1ccccc1)c1ccncc1. The van der Waals surface area contributed by atoms with Crippen LogP contribution in [0.3, 0.4) is 0 Å². The third-order valence-electron chi connectivity index (χ3n) is 5.95. The molecule has 4 rings (SSSR count). The summed E-state index contributed by atoms with van der Waals surface area (Å²) in [5, 5.41) is 3.17. The van der Waals surface area contributed by atoms with Gasteiger partial charge in [-0.05, 0) is 61.4 Å². The average molecular weight is 485 g/mol. The predicted octanol–water partition coefficient (Wildman–Crippen LogP) is 4.90. The molecule has 35 heavy (non-hydrogen) atoms. The van der Waals surface area contributed by atoms with Gasteiger partial charge < -0.3 is 15.0 Å². The Labute approximate surface area is 202 Å². The fourth-order valence-corrected chi connectivity index (χ4v) is 4.32. The Morgan fingerprint density at radius 2 is 1.71 bits per heavy atom. The second kappa shape index (κ2) is 9.95. The highest BCUT2D eigenvalue weighted by atomic mass is 19.4. The number of hydrogen-bond donors (Lipinski definition) is 1. The van der Waals surface area contributed by atoms with E-state index in [1.54, 1.807) is 24.5 Å². The molecule has 0 saturated carbocycles. The second-order valence-electron chi connectivity index (χ2n) is 9.08. The van der Waals surface area contributed by atoms with E-state index in [2.05, 4.69) is 38.7 Å². The summed E-state index contributed by atoms with van der Waals surface area (Å²) in [5.41, 5.74) is 2.22. The summed E-state index contributed by atoms with van der Waals surface area (Å²) in [7, 11) is 0. The number of carbonyl (C=O) groups excluding carboxylic acids is 1. The predicted molar refractivity (Wildman–Crippen MR) is 127 cm³/mol. The molecule has 0 aliphatic carbocycles. The van der Waals surface area contributed by atoms with Gasteiger partial charge in [0.1, 0.15) is 11.9 Å². The summed E-state index contributed by atoms with van der Waals surface area (Å²) in [4.78, 5) is 21.3. The highest BCUT2D eigenvalue weighted by molar-refractivity contribution is 5.79. The highest BCUT2D eigenvalue weighted by Crippen LogP contribution is 2.35. The van der Waals surface area contributed by atoms with Crippen molar-refractivity contribution in [3.05, 3.63) is 90.3 Å². The van der Waals surface area contributed by atoms with Crippen molar-refractivity contribution in [1.82, 2.24) is 15.2 Å². The molecule has 184 valence electrons. The van der Waals surface area contributed by atoms with Crippen molar-refractivity contribution in [2.75, 3.05) is 18.1 Å². The summed E-state index contributed by atoms with van der Waals surface area (Å²) in [6, 6.07) is 19.1. The van der Waals surface area contributed by atoms with E-state index in [1.807, 2.05) is 42.5 Å². The first-order chi connectivity index (χ1) is 16.6. The monoisotopic (exact) mass is 484 g/mol. The van der Waals surface area contributed by atoms with Crippen molar-refractivity contribution in [1.29, 1.82) is 0 Å². The van der Waals surface area contributed by atoms with Gasteiger partial charge in [0.25, 0.3) is 0 Å². The Kier molecular flexibility index (Phi) is 6.98. The Morgan fingerprint density at radius 1 is 1.06 bits per heavy atom. The molecule has 1 fully saturated rings. The number of benzene rings is 2. The number of hydrogen-bond acceptors (Lipinski definition) is 5. The quantitative estimate of drug-likeness (QED) is 0.517. The highest BCUT2D eigenvalue weighted by Gasteiger charge is 2.42. The number of anilines is 1. The van der Waals surface area contributed by atoms with E-state index >= 15 is 0 Å². The summed E-state index contributed by atoms with van der Waals surface area (Å²) >= 11 is 0. The molecule has 0 bridgehead atoms. The molecule has 3 aromatic rings. The Balaban J connectivity index is 1.54. The molecule has 0 radical (unpaired) electrons. The van der Waals surface area contributed by atoms with Gasteiger partial charge in [-0.25, -0.2) is 0 Å². The first kappa shape index (κ1) is 24.5. The molecule has 1 amide bonds. The van der Waals surface area contributed by atoms with Crippen LogP contribution < -0.4 is 15.0 Å². The lowest BCUT2D eigenvalue weighted by atomic mass is 10.0. The molecular formula is C26H27F3N4O2. The number of alkyl halides is 3. The van der Waals surface area contributed by atoms with E-state index < -0.39 is 12.5 Å². The van der Waals surface area contributed by atoms with Crippen LogP contribution in [0.2, 0.25) is 0 Å². The second-order valence-corrected chi connectivity index (χ2v) is 9.08. The minimum absolute atomic E-state index is 0.110. The minimum Gasteiger partial charge on any atom is -0.406 e. The molecule has 1 saturated heterocycles. The van der Waals surface area contributed by atoms with Gasteiger partial charge in [0.2, 0.25) is 5.91 Å². The van der Waals surface area contributed by atoms with E-state index in [1.165, 1.54) is 12.1 Å². The number of aromatic nitrogens is 1. The molecule has 2 aromatic carbocycles. The summed E-state index contributed by atoms with van der Waals surface area (Å²) in [6.45, 7) is 5.23. The molecular weight excluding hydrogens is 457 g/mol. The number of nitrogens with one attached hydrogen (secondary N) is 1. The molecule has 1 aromatic heterocycles. The van der Waals surface area contributed by atoms with E-state index in [4.69, 9.17) is 0 Å². The van der Waals surface area contributed by atoms with Gasteiger partial charge in [-0.2, -0.15) is 0 Å². The average Bonchev–Trinajstić information content (AvgIpc) is 3.13. The van der Waals surface area contributed by atoms with Crippen LogP contribution in [0, 0.1) is 0 Å². The molecule has 0 spiro atoms. The van der Waals surface area contributed by atoms with Crippen molar-refractivity contribution in [3.63, 3.8) is 0 Å². The van der Waals surface area contributed by atoms with E-state index in [0.29, 0.717) is 13.2 Å². The van der Waals surface area contributed by atoms with Crippen LogP contribution in [0.4, 0.5) is 18.9 Å². The number of halogens is 3. The van der Waals surface area contributed by atoms with Gasteiger partial charge in [0, 0.05) is 30.2 Å². The van der Waals surface area contributed by atoms with Crippen LogP contribution in [0.5, 0.6) is 5.75 Å². The molecule has 6 nitrogen and oxygen atoms in total. The minimum atomic E-state index is -4.73. The number of amides is 1. The fraction of sp³-hybridized carbons (Fsp3) is 0.308. The molecule has 1 aliphatic heterocycles. The maximum atomic E-state index is 13.0. The third kappa shape index (κ3) is 6.30. The molecule has 1 aliphatic rings. The van der Waals surface area contributed by atoms with Crippen LogP contribution in [0.1, 0.15) is 31.1 Å². The Morgan fingerprint density at radius 3 is 2.34 bits per heavy atom. The number of carbonyl (C=O) groups is 1. The molecule has 1 unspecified atom stereocenters. The van der Waals surface area contributed by atoms with Crippen LogP contribution in [-0.2, 0) is 11.2 Å². The molecule has 1 atom stereocenters. The van der Waals surface area contributed by atoms with Crippen molar-refractivity contribution in [3.8, 4) is 5.75 Å². The van der Waals surface area contributed by atoms with E-state index in [9.17, 15) is 18.0 Å². The van der Waals surface area contributed by atoms with Crippen LogP contribution in [-0.4, -0.2) is 40.9 Å². The summed E-state index contributed by atoms with van der Waals surface area (Å²) in [5.74, 6) is -0.375. The first-order valence-electron chi connectivity index (χ1n) is 11.2. The maximum Gasteiger partial charge on any atom is 0.573 e. The van der Waals surface area contributed by atoms with Gasteiger partial charge in [0.15, 0.2) is 0 Å². The number of rotatable bonds is 7. The van der Waals surface area contributed by atoms with Gasteiger partial charge in [-0.1, -0.05) is 30.3 Å². The topological polar surface area (TPSA) is 57.7 Å². The lowest BCUT2D eigenvalue weighted by Crippen LogP contribution is -2.49. The molecule has 2 heterocycles. The number of nitrogens with zero attached hydrogens (tertiary/aromatic N) is 3.